The third-order valence-corrected chi connectivity index (χ3v) is 2.38. The Morgan fingerprint density at radius 2 is 1.86 bits per heavy atom. The summed E-state index contributed by atoms with van der Waals surface area (Å²) in [4.78, 5) is 0. The predicted molar refractivity (Wildman–Crippen MR) is 64.2 cm³/mol. The van der Waals surface area contributed by atoms with E-state index < -0.39 is 0 Å². The predicted octanol–water partition coefficient (Wildman–Crippen LogP) is 3.73. The molecule has 0 amide bonds. The Morgan fingerprint density at radius 1 is 1.29 bits per heavy atom. The fraction of sp³-hybridized carbons (Fsp3) is 0.769. The molecule has 0 aliphatic carbocycles. The Morgan fingerprint density at radius 3 is 2.14 bits per heavy atom. The van der Waals surface area contributed by atoms with Crippen LogP contribution in [0.4, 0.5) is 0 Å². The number of nitrogens with one attached hydrogen (secondary N) is 1. The largest absolute Gasteiger partial charge is 0.379 e. The molecule has 0 aromatic rings. The van der Waals surface area contributed by atoms with Gasteiger partial charge >= 0.3 is 0 Å². The topological polar surface area (TPSA) is 12.0 Å². The standard InChI is InChI=1S/C13H25N/c1-7-12(9-10(3)4)14-13(8-2)11(5)6/h10-12,14H,2,7,9H2,1,3-6H3. The van der Waals surface area contributed by atoms with Crippen molar-refractivity contribution in [1.82, 2.24) is 5.32 Å². The van der Waals surface area contributed by atoms with Crippen LogP contribution in [0.5, 0.6) is 0 Å². The first-order valence-corrected chi connectivity index (χ1v) is 5.67. The van der Waals surface area contributed by atoms with Crippen molar-refractivity contribution in [2.45, 2.75) is 53.5 Å². The van der Waals surface area contributed by atoms with Gasteiger partial charge in [0.05, 0.1) is 5.70 Å². The van der Waals surface area contributed by atoms with Crippen LogP contribution in [0.2, 0.25) is 0 Å². The molecule has 82 valence electrons. The highest BCUT2D eigenvalue weighted by atomic mass is 14.9. The number of hydrogen-bond donors (Lipinski definition) is 1. The van der Waals surface area contributed by atoms with Gasteiger partial charge in [-0.3, -0.25) is 0 Å². The van der Waals surface area contributed by atoms with E-state index in [2.05, 4.69) is 52.2 Å². The molecule has 0 fully saturated rings. The van der Waals surface area contributed by atoms with E-state index >= 15 is 0 Å². The van der Waals surface area contributed by atoms with Gasteiger partial charge in [0, 0.05) is 12.0 Å². The highest BCUT2D eigenvalue weighted by Crippen LogP contribution is 2.12. The second-order valence-corrected chi connectivity index (χ2v) is 4.62. The van der Waals surface area contributed by atoms with Crippen molar-refractivity contribution >= 4 is 0 Å². The van der Waals surface area contributed by atoms with Crippen molar-refractivity contribution in [1.29, 1.82) is 0 Å². The van der Waals surface area contributed by atoms with Crippen LogP contribution in [0.25, 0.3) is 0 Å². The first-order chi connectivity index (χ1) is 6.51. The van der Waals surface area contributed by atoms with Gasteiger partial charge in [-0.15, -0.1) is 5.73 Å². The van der Waals surface area contributed by atoms with Gasteiger partial charge in [0.25, 0.3) is 0 Å². The van der Waals surface area contributed by atoms with E-state index in [0.717, 1.165) is 18.0 Å². The van der Waals surface area contributed by atoms with Crippen LogP contribution in [0.15, 0.2) is 18.0 Å². The van der Waals surface area contributed by atoms with Crippen molar-refractivity contribution < 1.29 is 0 Å². The minimum absolute atomic E-state index is 0.494. The van der Waals surface area contributed by atoms with Crippen LogP contribution < -0.4 is 5.32 Å². The molecule has 0 radical (unpaired) electrons. The molecular formula is C13H25N. The highest BCUT2D eigenvalue weighted by Gasteiger charge is 2.11. The van der Waals surface area contributed by atoms with E-state index in [1.807, 2.05) is 0 Å². The SMILES string of the molecule is C=C=C(NC(CC)CC(C)C)C(C)C. The Labute approximate surface area is 89.3 Å². The van der Waals surface area contributed by atoms with Crippen molar-refractivity contribution in [2.24, 2.45) is 11.8 Å². The van der Waals surface area contributed by atoms with Crippen molar-refractivity contribution in [3.05, 3.63) is 18.0 Å². The maximum Gasteiger partial charge on any atom is 0.0559 e. The molecule has 0 spiro atoms. The Balaban J connectivity index is 4.23. The van der Waals surface area contributed by atoms with Crippen LogP contribution in [0.1, 0.15) is 47.5 Å². The van der Waals surface area contributed by atoms with Gasteiger partial charge in [-0.05, 0) is 18.8 Å². The lowest BCUT2D eigenvalue weighted by Gasteiger charge is -2.22. The average molecular weight is 195 g/mol. The third kappa shape index (κ3) is 5.14. The molecule has 1 heteroatoms. The first kappa shape index (κ1) is 13.3. The molecule has 1 atom stereocenters. The maximum atomic E-state index is 3.72. The zero-order chi connectivity index (χ0) is 11.1. The number of rotatable bonds is 6. The Bertz CT molecular complexity index is 197. The fourth-order valence-corrected chi connectivity index (χ4v) is 1.54. The summed E-state index contributed by atoms with van der Waals surface area (Å²) in [6, 6.07) is 0.571. The molecule has 1 nitrogen and oxygen atoms in total. The lowest BCUT2D eigenvalue weighted by Crippen LogP contribution is -2.30. The number of hydrogen-bond acceptors (Lipinski definition) is 1. The summed E-state index contributed by atoms with van der Waals surface area (Å²) in [6.45, 7) is 14.8. The molecule has 0 rings (SSSR count). The van der Waals surface area contributed by atoms with Gasteiger partial charge in [0.15, 0.2) is 0 Å². The molecule has 0 aromatic heterocycles. The lowest BCUT2D eigenvalue weighted by molar-refractivity contribution is 0.422. The van der Waals surface area contributed by atoms with Gasteiger partial charge < -0.3 is 5.32 Å². The van der Waals surface area contributed by atoms with Crippen molar-refractivity contribution in [2.75, 3.05) is 0 Å². The van der Waals surface area contributed by atoms with Gasteiger partial charge in [-0.1, -0.05) is 41.2 Å². The average Bonchev–Trinajstić information content (AvgIpc) is 2.10. The molecule has 1 unspecified atom stereocenters. The van der Waals surface area contributed by atoms with Gasteiger partial charge in [-0.25, -0.2) is 0 Å². The van der Waals surface area contributed by atoms with Crippen molar-refractivity contribution in [3.63, 3.8) is 0 Å². The molecule has 0 aliphatic rings. The van der Waals surface area contributed by atoms with Crippen LogP contribution in [-0.2, 0) is 0 Å². The van der Waals surface area contributed by atoms with Crippen LogP contribution in [-0.4, -0.2) is 6.04 Å². The summed E-state index contributed by atoms with van der Waals surface area (Å²) < 4.78 is 0. The van der Waals surface area contributed by atoms with Crippen LogP contribution in [0, 0.1) is 11.8 Å². The number of allylic oxidation sites excluding steroid dienone is 1. The van der Waals surface area contributed by atoms with E-state index in [9.17, 15) is 0 Å². The molecule has 0 aliphatic heterocycles. The monoisotopic (exact) mass is 195 g/mol. The quantitative estimate of drug-likeness (QED) is 0.637. The summed E-state index contributed by atoms with van der Waals surface area (Å²) in [6.07, 6.45) is 2.38. The molecule has 0 heterocycles. The van der Waals surface area contributed by atoms with E-state index in [1.165, 1.54) is 6.42 Å². The Kier molecular flexibility index (Phi) is 6.40. The van der Waals surface area contributed by atoms with E-state index in [4.69, 9.17) is 0 Å². The molecule has 0 saturated carbocycles. The molecular weight excluding hydrogens is 170 g/mol. The van der Waals surface area contributed by atoms with Gasteiger partial charge in [0.1, 0.15) is 0 Å². The third-order valence-electron chi connectivity index (χ3n) is 2.38. The smallest absolute Gasteiger partial charge is 0.0559 e. The zero-order valence-electron chi connectivity index (χ0n) is 10.4. The second-order valence-electron chi connectivity index (χ2n) is 4.62. The van der Waals surface area contributed by atoms with Crippen LogP contribution >= 0.6 is 0 Å². The summed E-state index contributed by atoms with van der Waals surface area (Å²) in [5, 5.41) is 3.53. The normalized spacial score (nSPS) is 12.8. The first-order valence-electron chi connectivity index (χ1n) is 5.67. The molecule has 14 heavy (non-hydrogen) atoms. The molecule has 0 bridgehead atoms. The Hall–Kier alpha value is -0.680. The summed E-state index contributed by atoms with van der Waals surface area (Å²) >= 11 is 0. The molecule has 0 saturated heterocycles. The van der Waals surface area contributed by atoms with E-state index in [1.54, 1.807) is 0 Å². The minimum atomic E-state index is 0.494. The van der Waals surface area contributed by atoms with Gasteiger partial charge in [0.2, 0.25) is 0 Å². The summed E-state index contributed by atoms with van der Waals surface area (Å²) in [7, 11) is 0. The van der Waals surface area contributed by atoms with Crippen LogP contribution in [0.3, 0.4) is 0 Å². The van der Waals surface area contributed by atoms with Gasteiger partial charge in [-0.2, -0.15) is 0 Å². The highest BCUT2D eigenvalue weighted by molar-refractivity contribution is 5.01. The lowest BCUT2D eigenvalue weighted by atomic mass is 10.0. The molecule has 0 aromatic carbocycles. The maximum absolute atomic E-state index is 3.72. The van der Waals surface area contributed by atoms with E-state index in [-0.39, 0.29) is 0 Å². The summed E-state index contributed by atoms with van der Waals surface area (Å²) in [5.41, 5.74) is 4.15. The summed E-state index contributed by atoms with van der Waals surface area (Å²) in [5.74, 6) is 1.24. The zero-order valence-corrected chi connectivity index (χ0v) is 10.4. The second kappa shape index (κ2) is 6.73. The van der Waals surface area contributed by atoms with Crippen molar-refractivity contribution in [3.8, 4) is 0 Å². The molecule has 1 N–H and O–H groups in total. The minimum Gasteiger partial charge on any atom is -0.379 e. The fourth-order valence-electron chi connectivity index (χ4n) is 1.54. The van der Waals surface area contributed by atoms with E-state index in [0.29, 0.717) is 12.0 Å².